The first-order valence-corrected chi connectivity index (χ1v) is 5.61. The van der Waals surface area contributed by atoms with Crippen LogP contribution in [0.4, 0.5) is 0 Å². The van der Waals surface area contributed by atoms with Gasteiger partial charge in [-0.3, -0.25) is 0 Å². The predicted octanol–water partition coefficient (Wildman–Crippen LogP) is 2.58. The second kappa shape index (κ2) is 3.97. The number of benzene rings is 1. The summed E-state index contributed by atoms with van der Waals surface area (Å²) in [5.74, 6) is 0.662. The summed E-state index contributed by atoms with van der Waals surface area (Å²) in [5, 5.41) is 13.4. The molecule has 0 spiro atoms. The zero-order chi connectivity index (χ0) is 12.5. The van der Waals surface area contributed by atoms with Gasteiger partial charge in [0.2, 0.25) is 0 Å². The van der Waals surface area contributed by atoms with Crippen LogP contribution in [0.25, 0.3) is 16.9 Å². The van der Waals surface area contributed by atoms with Crippen molar-refractivity contribution in [3.63, 3.8) is 0 Å². The average molecular weight is 234 g/mol. The Labute approximate surface area is 104 Å². The lowest BCUT2D eigenvalue weighted by Gasteiger charge is -2.04. The molecule has 0 aliphatic heterocycles. The number of aryl methyl sites for hydroxylation is 1. The van der Waals surface area contributed by atoms with E-state index in [1.165, 1.54) is 0 Å². The first kappa shape index (κ1) is 10.5. The number of fused-ring (bicyclic) bond motifs is 1. The largest absolute Gasteiger partial charge is 0.212 e. The number of rotatable bonds is 1. The first-order chi connectivity index (χ1) is 8.79. The van der Waals surface area contributed by atoms with Crippen molar-refractivity contribution >= 4 is 5.65 Å². The number of nitriles is 1. The zero-order valence-electron chi connectivity index (χ0n) is 9.83. The molecule has 2 heterocycles. The molecule has 1 aromatic carbocycles. The van der Waals surface area contributed by atoms with Crippen LogP contribution in [-0.4, -0.2) is 14.6 Å². The summed E-state index contributed by atoms with van der Waals surface area (Å²) in [7, 11) is 0. The quantitative estimate of drug-likeness (QED) is 0.650. The normalized spacial score (nSPS) is 10.4. The van der Waals surface area contributed by atoms with E-state index in [-0.39, 0.29) is 0 Å². The molecule has 3 aromatic rings. The minimum absolute atomic E-state index is 0.537. The third kappa shape index (κ3) is 1.54. The van der Waals surface area contributed by atoms with Crippen molar-refractivity contribution in [2.45, 2.75) is 6.92 Å². The summed E-state index contributed by atoms with van der Waals surface area (Å²) in [5.41, 5.74) is 3.13. The maximum Gasteiger partial charge on any atom is 0.174 e. The maximum atomic E-state index is 9.08. The molecular weight excluding hydrogens is 224 g/mol. The highest BCUT2D eigenvalue weighted by Crippen LogP contribution is 2.21. The van der Waals surface area contributed by atoms with Gasteiger partial charge in [-0.1, -0.05) is 30.3 Å². The molecule has 86 valence electrons. The van der Waals surface area contributed by atoms with Crippen LogP contribution in [-0.2, 0) is 0 Å². The molecule has 4 nitrogen and oxygen atoms in total. The summed E-state index contributed by atoms with van der Waals surface area (Å²) in [4.78, 5) is 4.30. The Morgan fingerprint density at radius 1 is 1.11 bits per heavy atom. The highest BCUT2D eigenvalue weighted by atomic mass is 15.3. The summed E-state index contributed by atoms with van der Waals surface area (Å²) >= 11 is 0. The van der Waals surface area contributed by atoms with Crippen LogP contribution in [0.1, 0.15) is 11.4 Å². The Kier molecular flexibility index (Phi) is 2.31. The van der Waals surface area contributed by atoms with Crippen molar-refractivity contribution in [3.8, 4) is 17.3 Å². The van der Waals surface area contributed by atoms with Crippen LogP contribution in [0.15, 0.2) is 42.5 Å². The molecule has 2 aromatic heterocycles. The van der Waals surface area contributed by atoms with E-state index in [0.29, 0.717) is 17.0 Å². The van der Waals surface area contributed by atoms with E-state index < -0.39 is 0 Å². The van der Waals surface area contributed by atoms with E-state index in [1.807, 2.05) is 43.3 Å². The van der Waals surface area contributed by atoms with Gasteiger partial charge in [-0.15, -0.1) is 0 Å². The Balaban J connectivity index is 2.36. The van der Waals surface area contributed by atoms with Crippen LogP contribution < -0.4 is 0 Å². The molecule has 0 amide bonds. The Bertz CT molecular complexity index is 751. The van der Waals surface area contributed by atoms with Gasteiger partial charge in [-0.05, 0) is 19.1 Å². The van der Waals surface area contributed by atoms with Crippen molar-refractivity contribution in [3.05, 3.63) is 53.9 Å². The van der Waals surface area contributed by atoms with Gasteiger partial charge in [0.25, 0.3) is 0 Å². The molecule has 3 rings (SSSR count). The minimum atomic E-state index is 0.537. The van der Waals surface area contributed by atoms with Gasteiger partial charge in [-0.2, -0.15) is 10.4 Å². The van der Waals surface area contributed by atoms with Crippen molar-refractivity contribution in [1.82, 2.24) is 14.6 Å². The van der Waals surface area contributed by atoms with Gasteiger partial charge in [0, 0.05) is 5.56 Å². The highest BCUT2D eigenvalue weighted by Gasteiger charge is 2.10. The summed E-state index contributed by atoms with van der Waals surface area (Å²) < 4.78 is 1.73. The second-order valence-corrected chi connectivity index (χ2v) is 4.00. The average Bonchev–Trinajstić information content (AvgIpc) is 2.80. The molecule has 0 saturated heterocycles. The Morgan fingerprint density at radius 2 is 1.89 bits per heavy atom. The van der Waals surface area contributed by atoms with Crippen molar-refractivity contribution in [2.24, 2.45) is 0 Å². The standard InChI is InChI=1S/C14H10N4/c1-10-16-14-12(9-15)7-8-13(18(14)17-10)11-5-3-2-4-6-11/h2-8H,1H3. The van der Waals surface area contributed by atoms with Gasteiger partial charge in [-0.25, -0.2) is 9.50 Å². The zero-order valence-corrected chi connectivity index (χ0v) is 9.83. The van der Waals surface area contributed by atoms with Crippen molar-refractivity contribution in [2.75, 3.05) is 0 Å². The minimum Gasteiger partial charge on any atom is -0.212 e. The molecule has 4 heteroatoms. The predicted molar refractivity (Wildman–Crippen MR) is 67.9 cm³/mol. The van der Waals surface area contributed by atoms with Gasteiger partial charge in [0.15, 0.2) is 5.65 Å². The number of hydrogen-bond acceptors (Lipinski definition) is 3. The van der Waals surface area contributed by atoms with Crippen LogP contribution >= 0.6 is 0 Å². The molecule has 0 atom stereocenters. The van der Waals surface area contributed by atoms with Crippen LogP contribution in [0.2, 0.25) is 0 Å². The van der Waals surface area contributed by atoms with E-state index in [0.717, 1.165) is 11.3 Å². The molecule has 0 unspecified atom stereocenters. The molecule has 0 fully saturated rings. The van der Waals surface area contributed by atoms with Crippen LogP contribution in [0.5, 0.6) is 0 Å². The molecule has 0 aliphatic carbocycles. The third-order valence-electron chi connectivity index (χ3n) is 2.78. The molecule has 0 aliphatic rings. The van der Waals surface area contributed by atoms with E-state index in [9.17, 15) is 0 Å². The Hall–Kier alpha value is -2.67. The van der Waals surface area contributed by atoms with E-state index >= 15 is 0 Å². The number of aromatic nitrogens is 3. The summed E-state index contributed by atoms with van der Waals surface area (Å²) in [6.07, 6.45) is 0. The lowest BCUT2D eigenvalue weighted by molar-refractivity contribution is 0.937. The van der Waals surface area contributed by atoms with Gasteiger partial charge in [0.05, 0.1) is 11.3 Å². The number of hydrogen-bond donors (Lipinski definition) is 0. The fourth-order valence-corrected chi connectivity index (χ4v) is 1.98. The van der Waals surface area contributed by atoms with Crippen LogP contribution in [0.3, 0.4) is 0 Å². The summed E-state index contributed by atoms with van der Waals surface area (Å²) in [6, 6.07) is 15.8. The fourth-order valence-electron chi connectivity index (χ4n) is 1.98. The lowest BCUT2D eigenvalue weighted by Crippen LogP contribution is -1.96. The first-order valence-electron chi connectivity index (χ1n) is 5.61. The molecule has 0 saturated carbocycles. The maximum absolute atomic E-state index is 9.08. The van der Waals surface area contributed by atoms with Crippen LogP contribution in [0, 0.1) is 18.3 Å². The Morgan fingerprint density at radius 3 is 2.61 bits per heavy atom. The third-order valence-corrected chi connectivity index (χ3v) is 2.78. The molecule has 0 radical (unpaired) electrons. The monoisotopic (exact) mass is 234 g/mol. The van der Waals surface area contributed by atoms with Gasteiger partial charge < -0.3 is 0 Å². The van der Waals surface area contributed by atoms with Gasteiger partial charge >= 0.3 is 0 Å². The lowest BCUT2D eigenvalue weighted by atomic mass is 10.1. The molecule has 0 N–H and O–H groups in total. The molecule has 18 heavy (non-hydrogen) atoms. The molecule has 0 bridgehead atoms. The van der Waals surface area contributed by atoms with Gasteiger partial charge in [0.1, 0.15) is 11.9 Å². The van der Waals surface area contributed by atoms with E-state index in [4.69, 9.17) is 5.26 Å². The topological polar surface area (TPSA) is 54.0 Å². The fraction of sp³-hybridized carbons (Fsp3) is 0.0714. The molecular formula is C14H10N4. The van der Waals surface area contributed by atoms with Crippen molar-refractivity contribution in [1.29, 1.82) is 5.26 Å². The van der Waals surface area contributed by atoms with Crippen molar-refractivity contribution < 1.29 is 0 Å². The SMILES string of the molecule is Cc1nc2c(C#N)ccc(-c3ccccc3)n2n1. The smallest absolute Gasteiger partial charge is 0.174 e. The van der Waals surface area contributed by atoms with E-state index in [2.05, 4.69) is 16.2 Å². The number of nitrogens with zero attached hydrogens (tertiary/aromatic N) is 4. The number of pyridine rings is 1. The second-order valence-electron chi connectivity index (χ2n) is 4.00. The highest BCUT2D eigenvalue weighted by molar-refractivity contribution is 5.66. The van der Waals surface area contributed by atoms with E-state index in [1.54, 1.807) is 10.6 Å². The summed E-state index contributed by atoms with van der Waals surface area (Å²) in [6.45, 7) is 1.82.